The fourth-order valence-electron chi connectivity index (χ4n) is 1.45. The summed E-state index contributed by atoms with van der Waals surface area (Å²) in [7, 11) is -3.51. The van der Waals surface area contributed by atoms with Crippen LogP contribution in [0.5, 0.6) is 0 Å². The Hall–Kier alpha value is -1.11. The molecule has 0 saturated carbocycles. The van der Waals surface area contributed by atoms with Gasteiger partial charge >= 0.3 is 0 Å². The summed E-state index contributed by atoms with van der Waals surface area (Å²) in [6.45, 7) is 1.99. The van der Waals surface area contributed by atoms with Crippen LogP contribution in [0.1, 0.15) is 11.3 Å². The number of benzene rings is 1. The molecule has 1 aromatic carbocycles. The number of rotatable bonds is 4. The number of furan rings is 1. The van der Waals surface area contributed by atoms with Gasteiger partial charge in [0.05, 0.1) is 17.7 Å². The van der Waals surface area contributed by atoms with Gasteiger partial charge in [-0.05, 0) is 42.8 Å². The zero-order chi connectivity index (χ0) is 13.2. The molecule has 0 aliphatic heterocycles. The number of hydrogen-bond acceptors (Lipinski definition) is 3. The van der Waals surface area contributed by atoms with Crippen LogP contribution in [-0.4, -0.2) is 8.42 Å². The third kappa shape index (κ3) is 3.01. The van der Waals surface area contributed by atoms with Crippen molar-refractivity contribution in [2.45, 2.75) is 18.4 Å². The van der Waals surface area contributed by atoms with Crippen LogP contribution in [0.4, 0.5) is 0 Å². The zero-order valence-corrected chi connectivity index (χ0v) is 12.1. The van der Waals surface area contributed by atoms with Crippen LogP contribution < -0.4 is 4.72 Å². The van der Waals surface area contributed by atoms with Crippen LogP contribution in [0.15, 0.2) is 50.4 Å². The molecule has 0 fully saturated rings. The Morgan fingerprint density at radius 3 is 2.72 bits per heavy atom. The first-order valence-electron chi connectivity index (χ1n) is 5.27. The molecule has 0 saturated heterocycles. The lowest BCUT2D eigenvalue weighted by Crippen LogP contribution is -2.23. The molecule has 96 valence electrons. The molecule has 2 rings (SSSR count). The Bertz CT molecular complexity index is 635. The second-order valence-corrected chi connectivity index (χ2v) is 6.44. The minimum atomic E-state index is -3.51. The van der Waals surface area contributed by atoms with Crippen LogP contribution in [-0.2, 0) is 16.6 Å². The maximum absolute atomic E-state index is 12.0. The van der Waals surface area contributed by atoms with Crippen LogP contribution in [0.25, 0.3) is 0 Å². The maximum Gasteiger partial charge on any atom is 0.240 e. The Morgan fingerprint density at radius 2 is 2.11 bits per heavy atom. The van der Waals surface area contributed by atoms with Gasteiger partial charge in [-0.2, -0.15) is 0 Å². The summed E-state index contributed by atoms with van der Waals surface area (Å²) >= 11 is 3.34. The number of hydrogen-bond donors (Lipinski definition) is 1. The van der Waals surface area contributed by atoms with Crippen molar-refractivity contribution in [3.63, 3.8) is 0 Å². The topological polar surface area (TPSA) is 59.3 Å². The second-order valence-electron chi connectivity index (χ2n) is 3.81. The molecule has 0 amide bonds. The predicted octanol–water partition coefficient (Wildman–Crippen LogP) is 2.83. The third-order valence-corrected chi connectivity index (χ3v) is 4.74. The van der Waals surface area contributed by atoms with Gasteiger partial charge in [0.15, 0.2) is 0 Å². The molecular formula is C12H12BrNO3S. The molecule has 0 atom stereocenters. The quantitative estimate of drug-likeness (QED) is 0.938. The van der Waals surface area contributed by atoms with E-state index in [1.54, 1.807) is 30.3 Å². The van der Waals surface area contributed by atoms with Crippen molar-refractivity contribution in [1.82, 2.24) is 4.72 Å². The third-order valence-electron chi connectivity index (χ3n) is 2.46. The van der Waals surface area contributed by atoms with E-state index in [9.17, 15) is 8.42 Å². The minimum Gasteiger partial charge on any atom is -0.468 e. The highest BCUT2D eigenvalue weighted by molar-refractivity contribution is 9.10. The van der Waals surface area contributed by atoms with Gasteiger partial charge in [0.25, 0.3) is 0 Å². The van der Waals surface area contributed by atoms with Gasteiger partial charge in [-0.3, -0.25) is 0 Å². The van der Waals surface area contributed by atoms with E-state index in [1.165, 1.54) is 6.26 Å². The highest BCUT2D eigenvalue weighted by Crippen LogP contribution is 2.20. The van der Waals surface area contributed by atoms with Crippen LogP contribution in [0.2, 0.25) is 0 Å². The van der Waals surface area contributed by atoms with E-state index in [-0.39, 0.29) is 11.4 Å². The van der Waals surface area contributed by atoms with E-state index in [4.69, 9.17) is 4.42 Å². The first-order chi connectivity index (χ1) is 8.49. The Labute approximate surface area is 114 Å². The highest BCUT2D eigenvalue weighted by atomic mass is 79.9. The molecule has 1 aromatic heterocycles. The Kier molecular flexibility index (Phi) is 3.89. The fraction of sp³-hybridized carbons (Fsp3) is 0.167. The molecule has 0 unspecified atom stereocenters. The van der Waals surface area contributed by atoms with Crippen molar-refractivity contribution in [3.05, 3.63) is 52.4 Å². The van der Waals surface area contributed by atoms with E-state index in [1.807, 2.05) is 6.92 Å². The van der Waals surface area contributed by atoms with Crippen molar-refractivity contribution in [2.24, 2.45) is 0 Å². The van der Waals surface area contributed by atoms with Gasteiger partial charge in [0.1, 0.15) is 5.76 Å². The largest absolute Gasteiger partial charge is 0.468 e. The first-order valence-corrected chi connectivity index (χ1v) is 7.55. The van der Waals surface area contributed by atoms with Gasteiger partial charge in [-0.15, -0.1) is 0 Å². The molecule has 0 spiro atoms. The standard InChI is InChI=1S/C12H12BrNO3S/c1-9-7-11(4-5-12(9)13)18(15,16)14-8-10-3-2-6-17-10/h2-7,14H,8H2,1H3. The summed E-state index contributed by atoms with van der Waals surface area (Å²) in [6.07, 6.45) is 1.51. The lowest BCUT2D eigenvalue weighted by atomic mass is 10.2. The number of aryl methyl sites for hydroxylation is 1. The monoisotopic (exact) mass is 329 g/mol. The van der Waals surface area contributed by atoms with E-state index in [0.717, 1.165) is 10.0 Å². The average Bonchev–Trinajstić information content (AvgIpc) is 2.83. The molecule has 0 bridgehead atoms. The summed E-state index contributed by atoms with van der Waals surface area (Å²) in [5.74, 6) is 0.576. The molecule has 0 aliphatic rings. The molecular weight excluding hydrogens is 318 g/mol. The molecule has 4 nitrogen and oxygen atoms in total. The van der Waals surface area contributed by atoms with Crippen molar-refractivity contribution < 1.29 is 12.8 Å². The highest BCUT2D eigenvalue weighted by Gasteiger charge is 2.14. The number of halogens is 1. The molecule has 0 aliphatic carbocycles. The summed E-state index contributed by atoms with van der Waals surface area (Å²) < 4.78 is 32.5. The molecule has 1 heterocycles. The van der Waals surface area contributed by atoms with Crippen molar-refractivity contribution in [2.75, 3.05) is 0 Å². The summed E-state index contributed by atoms with van der Waals surface area (Å²) in [5.41, 5.74) is 0.871. The minimum absolute atomic E-state index is 0.143. The number of nitrogens with one attached hydrogen (secondary N) is 1. The summed E-state index contributed by atoms with van der Waals surface area (Å²) in [5, 5.41) is 0. The zero-order valence-electron chi connectivity index (χ0n) is 9.68. The molecule has 18 heavy (non-hydrogen) atoms. The second kappa shape index (κ2) is 5.26. The van der Waals surface area contributed by atoms with Crippen LogP contribution >= 0.6 is 15.9 Å². The first kappa shape index (κ1) is 13.3. The predicted molar refractivity (Wildman–Crippen MR) is 71.6 cm³/mol. The normalized spacial score (nSPS) is 11.7. The molecule has 2 aromatic rings. The molecule has 0 radical (unpaired) electrons. The smallest absolute Gasteiger partial charge is 0.240 e. The average molecular weight is 330 g/mol. The fourth-order valence-corrected chi connectivity index (χ4v) is 2.77. The lowest BCUT2D eigenvalue weighted by molar-refractivity contribution is 0.498. The molecule has 1 N–H and O–H groups in total. The van der Waals surface area contributed by atoms with Crippen molar-refractivity contribution >= 4 is 26.0 Å². The van der Waals surface area contributed by atoms with Crippen LogP contribution in [0.3, 0.4) is 0 Å². The summed E-state index contributed by atoms with van der Waals surface area (Å²) in [4.78, 5) is 0.245. The van der Waals surface area contributed by atoms with Gasteiger partial charge in [-0.25, -0.2) is 13.1 Å². The van der Waals surface area contributed by atoms with Gasteiger partial charge < -0.3 is 4.42 Å². The van der Waals surface area contributed by atoms with Gasteiger partial charge in [0.2, 0.25) is 10.0 Å². The Balaban J connectivity index is 2.17. The van der Waals surface area contributed by atoms with Crippen molar-refractivity contribution in [1.29, 1.82) is 0 Å². The van der Waals surface area contributed by atoms with Gasteiger partial charge in [0, 0.05) is 4.47 Å². The van der Waals surface area contributed by atoms with Gasteiger partial charge in [-0.1, -0.05) is 15.9 Å². The Morgan fingerprint density at radius 1 is 1.33 bits per heavy atom. The number of sulfonamides is 1. The van der Waals surface area contributed by atoms with Crippen LogP contribution in [0, 0.1) is 6.92 Å². The van der Waals surface area contributed by atoms with Crippen molar-refractivity contribution in [3.8, 4) is 0 Å². The van der Waals surface area contributed by atoms with E-state index >= 15 is 0 Å². The van der Waals surface area contributed by atoms with E-state index < -0.39 is 10.0 Å². The maximum atomic E-state index is 12.0. The van der Waals surface area contributed by atoms with E-state index in [2.05, 4.69) is 20.7 Å². The molecule has 6 heteroatoms. The van der Waals surface area contributed by atoms with E-state index in [0.29, 0.717) is 5.76 Å². The SMILES string of the molecule is Cc1cc(S(=O)(=O)NCc2ccco2)ccc1Br. The lowest BCUT2D eigenvalue weighted by Gasteiger charge is -2.07. The summed E-state index contributed by atoms with van der Waals surface area (Å²) in [6, 6.07) is 8.33.